The number of hydrogen-bond acceptors (Lipinski definition) is 7. The van der Waals surface area contributed by atoms with E-state index in [-0.39, 0.29) is 5.92 Å². The first kappa shape index (κ1) is 17.0. The first-order chi connectivity index (χ1) is 12.2. The van der Waals surface area contributed by atoms with Crippen molar-refractivity contribution in [3.8, 4) is 0 Å². The molecule has 3 unspecified atom stereocenters. The first-order valence-corrected chi connectivity index (χ1v) is 8.37. The highest BCUT2D eigenvalue weighted by Gasteiger charge is 2.22. The summed E-state index contributed by atoms with van der Waals surface area (Å²) in [7, 11) is 0. The summed E-state index contributed by atoms with van der Waals surface area (Å²) in [5.41, 5.74) is 2.32. The van der Waals surface area contributed by atoms with E-state index in [4.69, 9.17) is 0 Å². The van der Waals surface area contributed by atoms with Crippen LogP contribution in [0, 0.1) is 0 Å². The molecule has 0 saturated heterocycles. The van der Waals surface area contributed by atoms with Crippen molar-refractivity contribution in [3.05, 3.63) is 66.8 Å². The second-order valence-electron chi connectivity index (χ2n) is 6.31. The third kappa shape index (κ3) is 4.59. The number of hydrogen-bond donors (Lipinski definition) is 0. The van der Waals surface area contributed by atoms with Gasteiger partial charge in [0.05, 0.1) is 6.20 Å². The molecule has 128 valence electrons. The summed E-state index contributed by atoms with van der Waals surface area (Å²) in [5, 5.41) is 7.85. The Morgan fingerprint density at radius 1 is 0.760 bits per heavy atom. The molecule has 0 radical (unpaired) electrons. The Bertz CT molecular complexity index is 705. The minimum absolute atomic E-state index is 0.218. The Kier molecular flexibility index (Phi) is 5.66. The quantitative estimate of drug-likeness (QED) is 0.655. The van der Waals surface area contributed by atoms with Gasteiger partial charge in [-0.1, -0.05) is 13.8 Å². The number of nitrogens with zero attached hydrogens (tertiary/aromatic N) is 7. The Balaban J connectivity index is 1.78. The summed E-state index contributed by atoms with van der Waals surface area (Å²) >= 11 is 0. The van der Waals surface area contributed by atoms with E-state index in [1.54, 1.807) is 25.2 Å². The summed E-state index contributed by atoms with van der Waals surface area (Å²) in [6.45, 7) is 4.35. The molecule has 0 aliphatic heterocycles. The molecule has 7 nitrogen and oxygen atoms in total. The van der Waals surface area contributed by atoms with E-state index >= 15 is 0 Å². The van der Waals surface area contributed by atoms with Crippen molar-refractivity contribution in [1.29, 1.82) is 0 Å². The van der Waals surface area contributed by atoms with Crippen LogP contribution < -0.4 is 0 Å². The molecule has 3 atom stereocenters. The van der Waals surface area contributed by atoms with Gasteiger partial charge in [0.2, 0.25) is 0 Å². The zero-order valence-corrected chi connectivity index (χ0v) is 14.4. The van der Waals surface area contributed by atoms with Crippen LogP contribution in [0.2, 0.25) is 0 Å². The van der Waals surface area contributed by atoms with E-state index in [0.717, 1.165) is 24.2 Å². The maximum Gasteiger partial charge on any atom is 0.134 e. The lowest BCUT2D eigenvalue weighted by Gasteiger charge is -2.23. The van der Waals surface area contributed by atoms with Crippen molar-refractivity contribution in [2.75, 3.05) is 0 Å². The van der Waals surface area contributed by atoms with Crippen LogP contribution in [0.1, 0.15) is 61.4 Å². The predicted molar refractivity (Wildman–Crippen MR) is 92.7 cm³/mol. The van der Waals surface area contributed by atoms with Gasteiger partial charge in [-0.3, -0.25) is 0 Å². The molecule has 0 N–H and O–H groups in total. The van der Waals surface area contributed by atoms with Gasteiger partial charge in [0.25, 0.3) is 0 Å². The Morgan fingerprint density at radius 2 is 1.48 bits per heavy atom. The Hall–Kier alpha value is -2.83. The zero-order valence-electron chi connectivity index (χ0n) is 14.4. The standard InChI is InChI=1S/C18H21N7/c1-13(15-3-4-24-25-9-15)5-16(17-7-19-10-20-8-17)6-14(2)18-22-11-21-12-23-18/h3-4,7-14,16H,5-6H2,1-2H3. The molecule has 0 saturated carbocycles. The van der Waals surface area contributed by atoms with E-state index < -0.39 is 0 Å². The number of aromatic nitrogens is 7. The highest BCUT2D eigenvalue weighted by atomic mass is 15.1. The molecule has 7 heteroatoms. The lowest BCUT2D eigenvalue weighted by molar-refractivity contribution is 0.476. The molecule has 3 rings (SSSR count). The van der Waals surface area contributed by atoms with Gasteiger partial charge in [-0.05, 0) is 41.9 Å². The van der Waals surface area contributed by atoms with E-state index in [2.05, 4.69) is 49.0 Å². The average Bonchev–Trinajstić information content (AvgIpc) is 2.69. The van der Waals surface area contributed by atoms with Crippen molar-refractivity contribution in [3.63, 3.8) is 0 Å². The van der Waals surface area contributed by atoms with Gasteiger partial charge in [-0.2, -0.15) is 10.2 Å². The fourth-order valence-electron chi connectivity index (χ4n) is 3.08. The van der Waals surface area contributed by atoms with Crippen LogP contribution in [-0.2, 0) is 0 Å². The van der Waals surface area contributed by atoms with Crippen LogP contribution in [0.3, 0.4) is 0 Å². The minimum Gasteiger partial charge on any atom is -0.245 e. The lowest BCUT2D eigenvalue weighted by atomic mass is 9.82. The molecule has 0 aliphatic carbocycles. The van der Waals surface area contributed by atoms with Crippen molar-refractivity contribution in [2.45, 2.75) is 44.4 Å². The van der Waals surface area contributed by atoms with E-state index in [1.807, 2.05) is 24.7 Å². The first-order valence-electron chi connectivity index (χ1n) is 8.37. The molecule has 0 spiro atoms. The molecule has 3 heterocycles. The molecule has 0 amide bonds. The highest BCUT2D eigenvalue weighted by Crippen LogP contribution is 2.35. The lowest BCUT2D eigenvalue weighted by Crippen LogP contribution is -2.11. The number of rotatable bonds is 7. The minimum atomic E-state index is 0.218. The van der Waals surface area contributed by atoms with Gasteiger partial charge in [0, 0.05) is 24.5 Å². The highest BCUT2D eigenvalue weighted by molar-refractivity contribution is 5.17. The normalized spacial score (nSPS) is 14.6. The van der Waals surface area contributed by atoms with E-state index in [9.17, 15) is 0 Å². The molecule has 0 aliphatic rings. The van der Waals surface area contributed by atoms with Crippen LogP contribution in [0.25, 0.3) is 0 Å². The van der Waals surface area contributed by atoms with Crippen molar-refractivity contribution in [1.82, 2.24) is 35.1 Å². The van der Waals surface area contributed by atoms with Crippen molar-refractivity contribution >= 4 is 0 Å². The summed E-state index contributed by atoms with van der Waals surface area (Å²) in [6, 6.07) is 2.02. The maximum atomic E-state index is 4.29. The fraction of sp³-hybridized carbons (Fsp3) is 0.389. The smallest absolute Gasteiger partial charge is 0.134 e. The largest absolute Gasteiger partial charge is 0.245 e. The molecular weight excluding hydrogens is 314 g/mol. The Morgan fingerprint density at radius 3 is 2.16 bits per heavy atom. The third-order valence-electron chi connectivity index (χ3n) is 4.46. The predicted octanol–water partition coefficient (Wildman–Crippen LogP) is 2.92. The molecule has 3 aromatic heterocycles. The van der Waals surface area contributed by atoms with Crippen molar-refractivity contribution < 1.29 is 0 Å². The molecule has 0 fully saturated rings. The summed E-state index contributed by atoms with van der Waals surface area (Å²) in [6.07, 6.45) is 13.9. The summed E-state index contributed by atoms with van der Waals surface area (Å²) in [5.74, 6) is 1.69. The SMILES string of the molecule is CC(CC(CC(C)c1ncncn1)c1cncnc1)c1ccnnc1. The molecule has 0 aromatic carbocycles. The maximum absolute atomic E-state index is 4.29. The van der Waals surface area contributed by atoms with Gasteiger partial charge in [0.1, 0.15) is 24.8 Å². The average molecular weight is 335 g/mol. The third-order valence-corrected chi connectivity index (χ3v) is 4.46. The van der Waals surface area contributed by atoms with Crippen LogP contribution in [0.5, 0.6) is 0 Å². The topological polar surface area (TPSA) is 90.2 Å². The van der Waals surface area contributed by atoms with Crippen molar-refractivity contribution in [2.24, 2.45) is 0 Å². The molecule has 3 aromatic rings. The van der Waals surface area contributed by atoms with Gasteiger partial charge < -0.3 is 0 Å². The zero-order chi connectivity index (χ0) is 17.5. The van der Waals surface area contributed by atoms with Gasteiger partial charge in [-0.25, -0.2) is 24.9 Å². The molecule has 25 heavy (non-hydrogen) atoms. The second kappa shape index (κ2) is 8.32. The summed E-state index contributed by atoms with van der Waals surface area (Å²) < 4.78 is 0. The molecule has 0 bridgehead atoms. The van der Waals surface area contributed by atoms with Crippen LogP contribution in [0.15, 0.2) is 49.8 Å². The van der Waals surface area contributed by atoms with Crippen LogP contribution in [-0.4, -0.2) is 35.1 Å². The Labute approximate surface area is 147 Å². The van der Waals surface area contributed by atoms with E-state index in [0.29, 0.717) is 11.8 Å². The monoisotopic (exact) mass is 335 g/mol. The second-order valence-corrected chi connectivity index (χ2v) is 6.31. The van der Waals surface area contributed by atoms with Crippen LogP contribution in [0.4, 0.5) is 0 Å². The van der Waals surface area contributed by atoms with Crippen LogP contribution >= 0.6 is 0 Å². The van der Waals surface area contributed by atoms with E-state index in [1.165, 1.54) is 5.56 Å². The van der Waals surface area contributed by atoms with Gasteiger partial charge >= 0.3 is 0 Å². The summed E-state index contributed by atoms with van der Waals surface area (Å²) in [4.78, 5) is 20.9. The van der Waals surface area contributed by atoms with Gasteiger partial charge in [0.15, 0.2) is 0 Å². The molecular formula is C18H21N7. The van der Waals surface area contributed by atoms with Gasteiger partial charge in [-0.15, -0.1) is 0 Å². The fourth-order valence-corrected chi connectivity index (χ4v) is 3.08.